The molecule has 1 fully saturated rings. The fraction of sp³-hybridized carbons (Fsp3) is 0.526. The quantitative estimate of drug-likeness (QED) is 0.848. The highest BCUT2D eigenvalue weighted by atomic mass is 16.2. The van der Waals surface area contributed by atoms with Crippen molar-refractivity contribution in [3.05, 3.63) is 47.0 Å². The van der Waals surface area contributed by atoms with E-state index in [1.165, 1.54) is 11.3 Å². The van der Waals surface area contributed by atoms with Crippen LogP contribution in [0.4, 0.5) is 0 Å². The van der Waals surface area contributed by atoms with Gasteiger partial charge < -0.3 is 4.90 Å². The predicted molar refractivity (Wildman–Crippen MR) is 93.5 cm³/mol. The zero-order valence-corrected chi connectivity index (χ0v) is 14.8. The molecule has 128 valence electrons. The van der Waals surface area contributed by atoms with Gasteiger partial charge in [-0.25, -0.2) is 0 Å². The highest BCUT2D eigenvalue weighted by molar-refractivity contribution is 5.77. The molecule has 3 rings (SSSR count). The summed E-state index contributed by atoms with van der Waals surface area (Å²) in [5, 5.41) is 4.52. The summed E-state index contributed by atoms with van der Waals surface area (Å²) in [6.07, 6.45) is 6.22. The van der Waals surface area contributed by atoms with Crippen LogP contribution in [0, 0.1) is 13.8 Å². The van der Waals surface area contributed by atoms with E-state index in [1.807, 2.05) is 43.0 Å². The fourth-order valence-corrected chi connectivity index (χ4v) is 3.75. The highest BCUT2D eigenvalue weighted by Gasteiger charge is 2.32. The first-order valence-corrected chi connectivity index (χ1v) is 8.77. The lowest BCUT2D eigenvalue weighted by atomic mass is 10.0. The van der Waals surface area contributed by atoms with Gasteiger partial charge in [-0.3, -0.25) is 14.5 Å². The molecular formula is C19H26N4O. The van der Waals surface area contributed by atoms with E-state index in [0.29, 0.717) is 6.42 Å². The largest absolute Gasteiger partial charge is 0.336 e. The number of amides is 1. The summed E-state index contributed by atoms with van der Waals surface area (Å²) in [7, 11) is 1.97. The molecule has 2 aromatic rings. The van der Waals surface area contributed by atoms with Crippen molar-refractivity contribution in [2.75, 3.05) is 6.54 Å². The Bertz CT molecular complexity index is 708. The number of nitrogens with zero attached hydrogens (tertiary/aromatic N) is 4. The SMILES string of the molecule is Cc1nn(C)c(C)c1[C@@H]1CCCN1C(=O)CCCc1ccccn1. The summed E-state index contributed by atoms with van der Waals surface area (Å²) < 4.78 is 1.92. The lowest BCUT2D eigenvalue weighted by Crippen LogP contribution is -2.31. The number of hydrogen-bond donors (Lipinski definition) is 0. The lowest BCUT2D eigenvalue weighted by Gasteiger charge is -2.25. The normalized spacial score (nSPS) is 17.5. The van der Waals surface area contributed by atoms with Gasteiger partial charge in [-0.15, -0.1) is 0 Å². The molecule has 1 atom stereocenters. The van der Waals surface area contributed by atoms with Gasteiger partial charge in [0.05, 0.1) is 11.7 Å². The van der Waals surface area contributed by atoms with Gasteiger partial charge in [0.25, 0.3) is 0 Å². The average molecular weight is 326 g/mol. The summed E-state index contributed by atoms with van der Waals surface area (Å²) in [5.41, 5.74) is 4.52. The van der Waals surface area contributed by atoms with Crippen LogP contribution in [0.5, 0.6) is 0 Å². The van der Waals surface area contributed by atoms with E-state index in [9.17, 15) is 4.79 Å². The Morgan fingerprint density at radius 1 is 1.33 bits per heavy atom. The monoisotopic (exact) mass is 326 g/mol. The van der Waals surface area contributed by atoms with Crippen molar-refractivity contribution in [1.82, 2.24) is 19.7 Å². The molecular weight excluding hydrogens is 300 g/mol. The standard InChI is InChI=1S/C19H26N4O/c1-14-19(15(2)22(3)21-14)17-10-7-13-23(17)18(24)11-6-9-16-8-4-5-12-20-16/h4-5,8,12,17H,6-7,9-11,13H2,1-3H3/t17-/m0/s1. The molecule has 1 amide bonds. The van der Waals surface area contributed by atoms with Gasteiger partial charge in [-0.2, -0.15) is 5.10 Å². The molecule has 0 radical (unpaired) electrons. The number of carbonyl (C=O) groups is 1. The molecule has 0 aromatic carbocycles. The first-order valence-electron chi connectivity index (χ1n) is 8.77. The number of aromatic nitrogens is 3. The third kappa shape index (κ3) is 3.35. The number of rotatable bonds is 5. The van der Waals surface area contributed by atoms with Gasteiger partial charge >= 0.3 is 0 Å². The Kier molecular flexibility index (Phi) is 4.97. The van der Waals surface area contributed by atoms with Gasteiger partial charge in [0.2, 0.25) is 5.91 Å². The number of pyridine rings is 1. The van der Waals surface area contributed by atoms with Crippen LogP contribution in [0.2, 0.25) is 0 Å². The summed E-state index contributed by atoms with van der Waals surface area (Å²) in [5.74, 6) is 0.260. The molecule has 0 unspecified atom stereocenters. The van der Waals surface area contributed by atoms with E-state index in [-0.39, 0.29) is 11.9 Å². The van der Waals surface area contributed by atoms with Gasteiger partial charge in [0, 0.05) is 43.2 Å². The Balaban J connectivity index is 1.63. The minimum absolute atomic E-state index is 0.195. The lowest BCUT2D eigenvalue weighted by molar-refractivity contribution is -0.132. The van der Waals surface area contributed by atoms with E-state index < -0.39 is 0 Å². The maximum Gasteiger partial charge on any atom is 0.223 e. The Hall–Kier alpha value is -2.17. The fourth-order valence-electron chi connectivity index (χ4n) is 3.75. The molecule has 1 aliphatic heterocycles. The van der Waals surface area contributed by atoms with Gasteiger partial charge in [0.15, 0.2) is 0 Å². The van der Waals surface area contributed by atoms with Crippen LogP contribution in [0.1, 0.15) is 54.4 Å². The Labute approximate surface area is 143 Å². The Morgan fingerprint density at radius 3 is 2.83 bits per heavy atom. The van der Waals surface area contributed by atoms with Gasteiger partial charge in [0.1, 0.15) is 0 Å². The number of likely N-dealkylation sites (tertiary alicyclic amines) is 1. The highest BCUT2D eigenvalue weighted by Crippen LogP contribution is 2.35. The number of hydrogen-bond acceptors (Lipinski definition) is 3. The maximum absolute atomic E-state index is 12.7. The third-order valence-electron chi connectivity index (χ3n) is 5.02. The van der Waals surface area contributed by atoms with Crippen LogP contribution >= 0.6 is 0 Å². The topological polar surface area (TPSA) is 51.0 Å². The summed E-state index contributed by atoms with van der Waals surface area (Å²) in [6.45, 7) is 5.00. The molecule has 24 heavy (non-hydrogen) atoms. The Morgan fingerprint density at radius 2 is 2.17 bits per heavy atom. The molecule has 2 aromatic heterocycles. The zero-order chi connectivity index (χ0) is 17.1. The second-order valence-corrected chi connectivity index (χ2v) is 6.63. The minimum atomic E-state index is 0.195. The van der Waals surface area contributed by atoms with Gasteiger partial charge in [-0.05, 0) is 51.7 Å². The van der Waals surface area contributed by atoms with E-state index in [4.69, 9.17) is 0 Å². The molecule has 5 heteroatoms. The van der Waals surface area contributed by atoms with Crippen LogP contribution in [-0.2, 0) is 18.3 Å². The van der Waals surface area contributed by atoms with Crippen molar-refractivity contribution < 1.29 is 4.79 Å². The van der Waals surface area contributed by atoms with Crippen molar-refractivity contribution in [2.24, 2.45) is 7.05 Å². The molecule has 1 saturated heterocycles. The van der Waals surface area contributed by atoms with Crippen molar-refractivity contribution in [2.45, 2.75) is 52.0 Å². The second-order valence-electron chi connectivity index (χ2n) is 6.63. The van der Waals surface area contributed by atoms with Crippen molar-refractivity contribution in [1.29, 1.82) is 0 Å². The molecule has 1 aliphatic rings. The van der Waals surface area contributed by atoms with Crippen molar-refractivity contribution >= 4 is 5.91 Å². The molecule has 0 N–H and O–H groups in total. The first-order chi connectivity index (χ1) is 11.6. The zero-order valence-electron chi connectivity index (χ0n) is 14.8. The summed E-state index contributed by atoms with van der Waals surface area (Å²) >= 11 is 0. The van der Waals surface area contributed by atoms with Crippen molar-refractivity contribution in [3.8, 4) is 0 Å². The number of aryl methyl sites for hydroxylation is 3. The van der Waals surface area contributed by atoms with E-state index >= 15 is 0 Å². The van der Waals surface area contributed by atoms with E-state index in [1.54, 1.807) is 0 Å². The molecule has 0 bridgehead atoms. The second kappa shape index (κ2) is 7.16. The van der Waals surface area contributed by atoms with E-state index in [2.05, 4.69) is 21.9 Å². The van der Waals surface area contributed by atoms with Crippen molar-refractivity contribution in [3.63, 3.8) is 0 Å². The summed E-state index contributed by atoms with van der Waals surface area (Å²) in [6, 6.07) is 6.13. The van der Waals surface area contributed by atoms with Crippen LogP contribution in [0.25, 0.3) is 0 Å². The van der Waals surface area contributed by atoms with Crippen LogP contribution in [-0.4, -0.2) is 32.1 Å². The summed E-state index contributed by atoms with van der Waals surface area (Å²) in [4.78, 5) is 19.1. The third-order valence-corrected chi connectivity index (χ3v) is 5.02. The minimum Gasteiger partial charge on any atom is -0.336 e. The predicted octanol–water partition coefficient (Wildman–Crippen LogP) is 3.12. The van der Waals surface area contributed by atoms with Crippen LogP contribution < -0.4 is 0 Å². The molecule has 5 nitrogen and oxygen atoms in total. The van der Waals surface area contributed by atoms with Gasteiger partial charge in [-0.1, -0.05) is 6.07 Å². The average Bonchev–Trinajstić information content (AvgIpc) is 3.13. The number of carbonyl (C=O) groups excluding carboxylic acids is 1. The van der Waals surface area contributed by atoms with Crippen LogP contribution in [0.3, 0.4) is 0 Å². The molecule has 0 aliphatic carbocycles. The van der Waals surface area contributed by atoms with Crippen LogP contribution in [0.15, 0.2) is 24.4 Å². The molecule has 0 saturated carbocycles. The van der Waals surface area contributed by atoms with E-state index in [0.717, 1.165) is 43.6 Å². The first kappa shape index (κ1) is 16.7. The molecule has 0 spiro atoms. The smallest absolute Gasteiger partial charge is 0.223 e. The molecule has 3 heterocycles. The maximum atomic E-state index is 12.7.